The van der Waals surface area contributed by atoms with E-state index < -0.39 is 0 Å². The van der Waals surface area contributed by atoms with Gasteiger partial charge in [0.15, 0.2) is 5.16 Å². The predicted octanol–water partition coefficient (Wildman–Crippen LogP) is 4.17. The molecular formula is C22H24N4OS. The number of benzene rings is 2. The van der Waals surface area contributed by atoms with E-state index in [9.17, 15) is 4.79 Å². The zero-order chi connectivity index (χ0) is 19.3. The quantitative estimate of drug-likeness (QED) is 0.585. The summed E-state index contributed by atoms with van der Waals surface area (Å²) in [4.78, 5) is 12.4. The summed E-state index contributed by atoms with van der Waals surface area (Å²) in [7, 11) is 0. The summed E-state index contributed by atoms with van der Waals surface area (Å²) in [5, 5.41) is 12.7. The van der Waals surface area contributed by atoms with Crippen LogP contribution in [0.2, 0.25) is 0 Å². The molecule has 0 saturated heterocycles. The van der Waals surface area contributed by atoms with Crippen molar-refractivity contribution in [2.24, 2.45) is 0 Å². The van der Waals surface area contributed by atoms with Gasteiger partial charge in [0.25, 0.3) is 0 Å². The minimum atomic E-state index is -0.0153. The molecule has 28 heavy (non-hydrogen) atoms. The summed E-state index contributed by atoms with van der Waals surface area (Å²) in [6.45, 7) is 2.74. The third kappa shape index (κ3) is 4.62. The topological polar surface area (TPSA) is 59.8 Å². The third-order valence-electron chi connectivity index (χ3n) is 4.88. The van der Waals surface area contributed by atoms with Crippen LogP contribution in [0, 0.1) is 0 Å². The largest absolute Gasteiger partial charge is 0.349 e. The van der Waals surface area contributed by atoms with Crippen molar-refractivity contribution in [3.8, 4) is 0 Å². The van der Waals surface area contributed by atoms with Gasteiger partial charge in [0, 0.05) is 5.92 Å². The average molecular weight is 393 g/mol. The van der Waals surface area contributed by atoms with Gasteiger partial charge in [0.2, 0.25) is 5.91 Å². The summed E-state index contributed by atoms with van der Waals surface area (Å²) in [5.74, 6) is 1.89. The summed E-state index contributed by atoms with van der Waals surface area (Å²) >= 11 is 1.45. The Balaban J connectivity index is 1.41. The number of amides is 1. The van der Waals surface area contributed by atoms with Crippen LogP contribution in [0.1, 0.15) is 48.7 Å². The highest BCUT2D eigenvalue weighted by Crippen LogP contribution is 2.40. The zero-order valence-electron chi connectivity index (χ0n) is 15.9. The molecule has 1 fully saturated rings. The van der Waals surface area contributed by atoms with Gasteiger partial charge in [0.1, 0.15) is 5.82 Å². The van der Waals surface area contributed by atoms with E-state index in [2.05, 4.69) is 32.2 Å². The van der Waals surface area contributed by atoms with Crippen molar-refractivity contribution in [1.82, 2.24) is 20.1 Å². The van der Waals surface area contributed by atoms with Gasteiger partial charge in [-0.05, 0) is 30.9 Å². The van der Waals surface area contributed by atoms with Crippen LogP contribution >= 0.6 is 11.8 Å². The van der Waals surface area contributed by atoms with Crippen LogP contribution in [0.5, 0.6) is 0 Å². The van der Waals surface area contributed by atoms with E-state index in [4.69, 9.17) is 0 Å². The number of thioether (sulfide) groups is 1. The number of carbonyl (C=O) groups excluding carboxylic acids is 1. The number of aromatic nitrogens is 3. The molecule has 0 radical (unpaired) electrons. The smallest absolute Gasteiger partial charge is 0.230 e. The normalized spacial score (nSPS) is 14.6. The summed E-state index contributed by atoms with van der Waals surface area (Å²) < 4.78 is 2.17. The molecule has 0 bridgehead atoms. The molecule has 1 N–H and O–H groups in total. The molecule has 2 aromatic carbocycles. The monoisotopic (exact) mass is 392 g/mol. The number of nitrogens with one attached hydrogen (secondary N) is 1. The number of hydrogen-bond acceptors (Lipinski definition) is 4. The van der Waals surface area contributed by atoms with E-state index in [1.807, 2.05) is 55.5 Å². The van der Waals surface area contributed by atoms with Crippen molar-refractivity contribution >= 4 is 17.7 Å². The number of rotatable bonds is 8. The van der Waals surface area contributed by atoms with Gasteiger partial charge >= 0.3 is 0 Å². The minimum absolute atomic E-state index is 0.00332. The molecule has 4 rings (SSSR count). The van der Waals surface area contributed by atoms with E-state index in [1.165, 1.54) is 30.2 Å². The molecule has 144 valence electrons. The van der Waals surface area contributed by atoms with Crippen LogP contribution < -0.4 is 5.32 Å². The second-order valence-electron chi connectivity index (χ2n) is 7.18. The maximum Gasteiger partial charge on any atom is 0.230 e. The summed E-state index contributed by atoms with van der Waals surface area (Å²) in [6.07, 6.45) is 2.35. The molecule has 0 spiro atoms. The fraction of sp³-hybridized carbons (Fsp3) is 0.318. The lowest BCUT2D eigenvalue weighted by Gasteiger charge is -2.14. The number of carbonyl (C=O) groups is 1. The second kappa shape index (κ2) is 8.61. The third-order valence-corrected chi connectivity index (χ3v) is 5.85. The van der Waals surface area contributed by atoms with Gasteiger partial charge in [-0.3, -0.25) is 4.79 Å². The molecule has 1 amide bonds. The Morgan fingerprint density at radius 1 is 1.11 bits per heavy atom. The highest BCUT2D eigenvalue weighted by atomic mass is 32.2. The van der Waals surface area contributed by atoms with Gasteiger partial charge in [-0.25, -0.2) is 0 Å². The van der Waals surface area contributed by atoms with Crippen molar-refractivity contribution in [3.05, 3.63) is 77.6 Å². The summed E-state index contributed by atoms with van der Waals surface area (Å²) in [6, 6.07) is 20.3. The fourth-order valence-corrected chi connectivity index (χ4v) is 3.96. The standard InChI is InChI=1S/C22H24N4OS/c1-16(18-10-6-3-7-11-18)23-20(27)15-28-22-25-24-21(19-12-13-19)26(22)14-17-8-4-2-5-9-17/h2-11,16,19H,12-15H2,1H3,(H,23,27). The van der Waals surface area contributed by atoms with Gasteiger partial charge in [-0.1, -0.05) is 72.4 Å². The highest BCUT2D eigenvalue weighted by Gasteiger charge is 2.30. The maximum atomic E-state index is 12.4. The molecule has 5 nitrogen and oxygen atoms in total. The van der Waals surface area contributed by atoms with E-state index in [0.29, 0.717) is 11.7 Å². The SMILES string of the molecule is CC(NC(=O)CSc1nnc(C2CC2)n1Cc1ccccc1)c1ccccc1. The predicted molar refractivity (Wildman–Crippen MR) is 111 cm³/mol. The Labute approximate surface area is 169 Å². The van der Waals surface area contributed by atoms with Crippen molar-refractivity contribution in [3.63, 3.8) is 0 Å². The lowest BCUT2D eigenvalue weighted by atomic mass is 10.1. The molecule has 1 unspecified atom stereocenters. The molecule has 1 atom stereocenters. The van der Waals surface area contributed by atoms with Crippen LogP contribution in [0.15, 0.2) is 65.8 Å². The van der Waals surface area contributed by atoms with Crippen molar-refractivity contribution in [1.29, 1.82) is 0 Å². The lowest BCUT2D eigenvalue weighted by molar-refractivity contribution is -0.119. The van der Waals surface area contributed by atoms with Crippen molar-refractivity contribution in [2.75, 3.05) is 5.75 Å². The van der Waals surface area contributed by atoms with Gasteiger partial charge in [0.05, 0.1) is 18.3 Å². The molecular weight excluding hydrogens is 368 g/mol. The molecule has 1 aromatic heterocycles. The molecule has 3 aromatic rings. The summed E-state index contributed by atoms with van der Waals surface area (Å²) in [5.41, 5.74) is 2.32. The Kier molecular flexibility index (Phi) is 5.76. The van der Waals surface area contributed by atoms with Crippen LogP contribution in [-0.2, 0) is 11.3 Å². The average Bonchev–Trinajstić information content (AvgIpc) is 3.49. The maximum absolute atomic E-state index is 12.4. The number of hydrogen-bond donors (Lipinski definition) is 1. The van der Waals surface area contributed by atoms with E-state index in [0.717, 1.165) is 23.1 Å². The molecule has 1 heterocycles. The molecule has 1 aliphatic rings. The molecule has 6 heteroatoms. The van der Waals surface area contributed by atoms with Crippen LogP contribution in [0.25, 0.3) is 0 Å². The first kappa shape index (κ1) is 18.7. The first-order chi connectivity index (χ1) is 13.7. The zero-order valence-corrected chi connectivity index (χ0v) is 16.7. The van der Waals surface area contributed by atoms with E-state index >= 15 is 0 Å². The van der Waals surface area contributed by atoms with Crippen molar-refractivity contribution < 1.29 is 4.79 Å². The first-order valence-electron chi connectivity index (χ1n) is 9.65. The van der Waals surface area contributed by atoms with Crippen LogP contribution in [0.4, 0.5) is 0 Å². The lowest BCUT2D eigenvalue weighted by Crippen LogP contribution is -2.28. The molecule has 1 saturated carbocycles. The second-order valence-corrected chi connectivity index (χ2v) is 8.12. The first-order valence-corrected chi connectivity index (χ1v) is 10.6. The molecule has 1 aliphatic carbocycles. The Morgan fingerprint density at radius 3 is 2.46 bits per heavy atom. The number of nitrogens with zero attached hydrogens (tertiary/aromatic N) is 3. The van der Waals surface area contributed by atoms with Crippen LogP contribution in [0.3, 0.4) is 0 Å². The minimum Gasteiger partial charge on any atom is -0.349 e. The van der Waals surface area contributed by atoms with E-state index in [-0.39, 0.29) is 11.9 Å². The Hall–Kier alpha value is -2.60. The highest BCUT2D eigenvalue weighted by molar-refractivity contribution is 7.99. The Bertz CT molecular complexity index is 922. The van der Waals surface area contributed by atoms with Gasteiger partial charge in [-0.2, -0.15) is 0 Å². The van der Waals surface area contributed by atoms with Crippen LogP contribution in [-0.4, -0.2) is 26.4 Å². The van der Waals surface area contributed by atoms with Gasteiger partial charge in [-0.15, -0.1) is 10.2 Å². The van der Waals surface area contributed by atoms with Gasteiger partial charge < -0.3 is 9.88 Å². The van der Waals surface area contributed by atoms with Crippen molar-refractivity contribution in [2.45, 2.75) is 43.4 Å². The molecule has 0 aliphatic heterocycles. The Morgan fingerprint density at radius 2 is 1.79 bits per heavy atom. The van der Waals surface area contributed by atoms with E-state index in [1.54, 1.807) is 0 Å². The fourth-order valence-electron chi connectivity index (χ4n) is 3.20.